The second kappa shape index (κ2) is 7.28. The van der Waals surface area contributed by atoms with Crippen molar-refractivity contribution in [1.29, 1.82) is 0 Å². The van der Waals surface area contributed by atoms with Gasteiger partial charge in [-0.2, -0.15) is 0 Å². The molecule has 1 aromatic carbocycles. The lowest BCUT2D eigenvalue weighted by molar-refractivity contribution is -0.139. The van der Waals surface area contributed by atoms with Crippen LogP contribution in [0.2, 0.25) is 0 Å². The van der Waals surface area contributed by atoms with E-state index >= 15 is 0 Å². The van der Waals surface area contributed by atoms with Crippen LogP contribution in [0.3, 0.4) is 0 Å². The maximum atomic E-state index is 12.8. The van der Waals surface area contributed by atoms with Crippen molar-refractivity contribution in [2.45, 2.75) is 6.92 Å². The zero-order chi connectivity index (χ0) is 15.1. The molecule has 0 saturated heterocycles. The van der Waals surface area contributed by atoms with Crippen molar-refractivity contribution in [2.24, 2.45) is 0 Å². The number of rotatable bonds is 5. The Morgan fingerprint density at radius 3 is 2.40 bits per heavy atom. The van der Waals surface area contributed by atoms with E-state index in [-0.39, 0.29) is 12.2 Å². The molecule has 0 radical (unpaired) electrons. The first kappa shape index (κ1) is 15.7. The van der Waals surface area contributed by atoms with E-state index in [0.29, 0.717) is 5.69 Å². The van der Waals surface area contributed by atoms with Crippen molar-refractivity contribution in [3.63, 3.8) is 0 Å². The summed E-state index contributed by atoms with van der Waals surface area (Å²) >= 11 is 0. The normalized spacial score (nSPS) is 10.9. The summed E-state index contributed by atoms with van der Waals surface area (Å²) in [5.41, 5.74) is 0.270. The van der Waals surface area contributed by atoms with E-state index in [0.717, 1.165) is 0 Å². The summed E-state index contributed by atoms with van der Waals surface area (Å²) in [6.07, 6.45) is 1.37. The van der Waals surface area contributed by atoms with Gasteiger partial charge in [0, 0.05) is 26.0 Å². The average Bonchev–Trinajstić information content (AvgIpc) is 2.38. The van der Waals surface area contributed by atoms with Crippen LogP contribution in [0.1, 0.15) is 6.92 Å². The fourth-order valence-corrected chi connectivity index (χ4v) is 1.40. The van der Waals surface area contributed by atoms with Crippen molar-refractivity contribution >= 4 is 17.6 Å². The Morgan fingerprint density at radius 2 is 1.90 bits per heavy atom. The highest BCUT2D eigenvalue weighted by Crippen LogP contribution is 2.11. The van der Waals surface area contributed by atoms with E-state index in [2.05, 4.69) is 5.32 Å². The largest absolute Gasteiger partial charge is 0.462 e. The number of hydrogen-bond acceptors (Lipinski definition) is 4. The third-order valence-electron chi connectivity index (χ3n) is 2.23. The maximum absolute atomic E-state index is 12.8. The van der Waals surface area contributed by atoms with Gasteiger partial charge in [0.15, 0.2) is 0 Å². The van der Waals surface area contributed by atoms with Crippen LogP contribution in [0.5, 0.6) is 0 Å². The molecule has 108 valence electrons. The SMILES string of the molecule is CCOC(=O)/C(=C/N(C)C)C(=O)Nc1ccc(F)cc1. The molecule has 0 aliphatic rings. The molecule has 0 aromatic heterocycles. The van der Waals surface area contributed by atoms with Crippen molar-refractivity contribution in [3.8, 4) is 0 Å². The van der Waals surface area contributed by atoms with Crippen molar-refractivity contribution in [3.05, 3.63) is 41.9 Å². The number of esters is 1. The molecule has 0 aliphatic heterocycles. The Labute approximate surface area is 117 Å². The molecular formula is C14H17FN2O3. The summed E-state index contributed by atoms with van der Waals surface area (Å²) in [4.78, 5) is 25.3. The summed E-state index contributed by atoms with van der Waals surface area (Å²) < 4.78 is 17.6. The number of nitrogens with zero attached hydrogens (tertiary/aromatic N) is 1. The van der Waals surface area contributed by atoms with Crippen LogP contribution in [0, 0.1) is 5.82 Å². The van der Waals surface area contributed by atoms with E-state index in [1.54, 1.807) is 25.9 Å². The minimum absolute atomic E-state index is 0.124. The number of nitrogens with one attached hydrogen (secondary N) is 1. The van der Waals surface area contributed by atoms with E-state index in [4.69, 9.17) is 4.74 Å². The Balaban J connectivity index is 2.88. The van der Waals surface area contributed by atoms with Gasteiger partial charge in [-0.15, -0.1) is 0 Å². The third-order valence-corrected chi connectivity index (χ3v) is 2.23. The molecule has 6 heteroatoms. The lowest BCUT2D eigenvalue weighted by Crippen LogP contribution is -2.24. The highest BCUT2D eigenvalue weighted by Gasteiger charge is 2.20. The highest BCUT2D eigenvalue weighted by molar-refractivity contribution is 6.21. The number of carbonyl (C=O) groups is 2. The van der Waals surface area contributed by atoms with Crippen LogP contribution < -0.4 is 5.32 Å². The van der Waals surface area contributed by atoms with Crippen molar-refractivity contribution in [2.75, 3.05) is 26.0 Å². The van der Waals surface area contributed by atoms with Crippen molar-refractivity contribution in [1.82, 2.24) is 4.90 Å². The second-order valence-electron chi connectivity index (χ2n) is 4.19. The van der Waals surface area contributed by atoms with Crippen LogP contribution in [0.15, 0.2) is 36.0 Å². The summed E-state index contributed by atoms with van der Waals surface area (Å²) in [6.45, 7) is 1.83. The fourth-order valence-electron chi connectivity index (χ4n) is 1.40. The second-order valence-corrected chi connectivity index (χ2v) is 4.19. The van der Waals surface area contributed by atoms with Gasteiger partial charge < -0.3 is 15.0 Å². The van der Waals surface area contributed by atoms with Gasteiger partial charge in [-0.25, -0.2) is 9.18 Å². The van der Waals surface area contributed by atoms with Crippen LogP contribution >= 0.6 is 0 Å². The monoisotopic (exact) mass is 280 g/mol. The van der Waals surface area contributed by atoms with E-state index < -0.39 is 17.7 Å². The molecule has 1 rings (SSSR count). The van der Waals surface area contributed by atoms with Gasteiger partial charge in [-0.1, -0.05) is 0 Å². The zero-order valence-corrected chi connectivity index (χ0v) is 11.6. The Morgan fingerprint density at radius 1 is 1.30 bits per heavy atom. The minimum Gasteiger partial charge on any atom is -0.462 e. The Hall–Kier alpha value is -2.37. The molecule has 0 fully saturated rings. The standard InChI is InChI=1S/C14H17FN2O3/c1-4-20-14(19)12(9-17(2)3)13(18)16-11-7-5-10(15)6-8-11/h5-9H,4H2,1-3H3,(H,16,18)/b12-9+. The molecule has 1 amide bonds. The van der Waals surface area contributed by atoms with Gasteiger partial charge in [0.25, 0.3) is 5.91 Å². The van der Waals surface area contributed by atoms with Crippen molar-refractivity contribution < 1.29 is 18.7 Å². The quantitative estimate of drug-likeness (QED) is 0.386. The Kier molecular flexibility index (Phi) is 5.71. The average molecular weight is 280 g/mol. The molecule has 5 nitrogen and oxygen atoms in total. The van der Waals surface area contributed by atoms with Gasteiger partial charge in [-0.3, -0.25) is 4.79 Å². The van der Waals surface area contributed by atoms with E-state index in [1.807, 2.05) is 0 Å². The molecule has 1 N–H and O–H groups in total. The van der Waals surface area contributed by atoms with Crippen LogP contribution in [0.4, 0.5) is 10.1 Å². The number of halogens is 1. The van der Waals surface area contributed by atoms with Gasteiger partial charge in [-0.05, 0) is 31.2 Å². The van der Waals surface area contributed by atoms with E-state index in [1.165, 1.54) is 30.5 Å². The van der Waals surface area contributed by atoms with E-state index in [9.17, 15) is 14.0 Å². The van der Waals surface area contributed by atoms with Gasteiger partial charge in [0.1, 0.15) is 11.4 Å². The van der Waals surface area contributed by atoms with Crippen LogP contribution in [-0.2, 0) is 14.3 Å². The summed E-state index contributed by atoms with van der Waals surface area (Å²) in [5, 5.41) is 2.51. The van der Waals surface area contributed by atoms with Gasteiger partial charge in [0.05, 0.1) is 6.61 Å². The number of carbonyl (C=O) groups excluding carboxylic acids is 2. The maximum Gasteiger partial charge on any atom is 0.345 e. The summed E-state index contributed by atoms with van der Waals surface area (Å²) in [7, 11) is 3.37. The molecule has 0 saturated carbocycles. The predicted molar refractivity (Wildman–Crippen MR) is 73.4 cm³/mol. The Bertz CT molecular complexity index is 510. The summed E-state index contributed by atoms with van der Waals surface area (Å²) in [6, 6.07) is 5.25. The number of ether oxygens (including phenoxy) is 1. The van der Waals surface area contributed by atoms with Crippen LogP contribution in [0.25, 0.3) is 0 Å². The third kappa shape index (κ3) is 4.72. The van der Waals surface area contributed by atoms with Gasteiger partial charge >= 0.3 is 5.97 Å². The fraction of sp³-hybridized carbons (Fsp3) is 0.286. The first-order chi connectivity index (χ1) is 9.43. The molecule has 0 unspecified atom stereocenters. The highest BCUT2D eigenvalue weighted by atomic mass is 19.1. The first-order valence-corrected chi connectivity index (χ1v) is 6.06. The first-order valence-electron chi connectivity index (χ1n) is 6.06. The van der Waals surface area contributed by atoms with Crippen LogP contribution in [-0.4, -0.2) is 37.5 Å². The zero-order valence-electron chi connectivity index (χ0n) is 11.6. The minimum atomic E-state index is -0.708. The lowest BCUT2D eigenvalue weighted by atomic mass is 10.2. The van der Waals surface area contributed by atoms with Gasteiger partial charge in [0.2, 0.25) is 0 Å². The molecule has 0 atom stereocenters. The molecule has 20 heavy (non-hydrogen) atoms. The number of amides is 1. The molecule has 0 heterocycles. The molecular weight excluding hydrogens is 263 g/mol. The smallest absolute Gasteiger partial charge is 0.345 e. The number of anilines is 1. The number of benzene rings is 1. The molecule has 0 aliphatic carbocycles. The predicted octanol–water partition coefficient (Wildman–Crippen LogP) is 1.77. The topological polar surface area (TPSA) is 58.6 Å². The lowest BCUT2D eigenvalue weighted by Gasteiger charge is -2.11. The molecule has 0 spiro atoms. The molecule has 1 aromatic rings. The summed E-state index contributed by atoms with van der Waals surface area (Å²) in [5.74, 6) is -1.72. The number of hydrogen-bond donors (Lipinski definition) is 1. The molecule has 0 bridgehead atoms.